The molecule has 0 spiro atoms. The van der Waals surface area contributed by atoms with Gasteiger partial charge in [-0.05, 0) is 30.7 Å². The molecule has 2 heterocycles. The molecule has 2 N–H and O–H groups in total. The van der Waals surface area contributed by atoms with Crippen LogP contribution in [0.15, 0.2) is 36.7 Å². The number of hydrogen-bond acceptors (Lipinski definition) is 7. The zero-order chi connectivity index (χ0) is 17.9. The summed E-state index contributed by atoms with van der Waals surface area (Å²) in [5.74, 6) is 0.894. The lowest BCUT2D eigenvalue weighted by Gasteiger charge is -2.10. The Labute approximate surface area is 145 Å². The van der Waals surface area contributed by atoms with Gasteiger partial charge in [0, 0.05) is 11.7 Å². The average Bonchev–Trinajstić information content (AvgIpc) is 2.94. The highest BCUT2D eigenvalue weighted by Gasteiger charge is 2.29. The van der Waals surface area contributed by atoms with Crippen LogP contribution in [-0.4, -0.2) is 49.0 Å². The molecule has 1 saturated heterocycles. The first-order valence-corrected chi connectivity index (χ1v) is 9.52. The first-order chi connectivity index (χ1) is 11.9. The van der Waals surface area contributed by atoms with Crippen molar-refractivity contribution < 1.29 is 17.9 Å². The van der Waals surface area contributed by atoms with Crippen LogP contribution in [-0.2, 0) is 9.84 Å². The lowest BCUT2D eigenvalue weighted by molar-refractivity contribution is 0.0935. The van der Waals surface area contributed by atoms with Crippen molar-refractivity contribution in [3.8, 4) is 5.75 Å². The van der Waals surface area contributed by atoms with Crippen molar-refractivity contribution in [1.82, 2.24) is 15.3 Å². The summed E-state index contributed by atoms with van der Waals surface area (Å²) in [7, 11) is -1.44. The van der Waals surface area contributed by atoms with E-state index in [9.17, 15) is 13.2 Å². The Hall–Kier alpha value is -2.68. The van der Waals surface area contributed by atoms with Gasteiger partial charge in [-0.1, -0.05) is 0 Å². The molecule has 0 bridgehead atoms. The van der Waals surface area contributed by atoms with Crippen molar-refractivity contribution >= 4 is 27.2 Å². The summed E-state index contributed by atoms with van der Waals surface area (Å²) in [6, 6.07) is 6.93. The molecule has 1 aromatic carbocycles. The molecule has 1 atom stereocenters. The second-order valence-electron chi connectivity index (χ2n) is 5.71. The quantitative estimate of drug-likeness (QED) is 0.821. The van der Waals surface area contributed by atoms with Crippen LogP contribution in [0.2, 0.25) is 0 Å². The van der Waals surface area contributed by atoms with E-state index in [1.54, 1.807) is 7.11 Å². The Morgan fingerprint density at radius 3 is 2.52 bits per heavy atom. The Kier molecular flexibility index (Phi) is 4.84. The highest BCUT2D eigenvalue weighted by molar-refractivity contribution is 7.91. The standard InChI is InChI=1S/C16H18N4O4S/c1-24-13-4-2-11(3-5-13)19-15-9-17-14(8-18-15)16(21)20-12-6-7-25(22,23)10-12/h2-5,8-9,12H,6-7,10H2,1H3,(H,18,19)(H,20,21). The lowest BCUT2D eigenvalue weighted by Crippen LogP contribution is -2.36. The zero-order valence-corrected chi connectivity index (χ0v) is 14.4. The van der Waals surface area contributed by atoms with Gasteiger partial charge in [-0.3, -0.25) is 4.79 Å². The van der Waals surface area contributed by atoms with Gasteiger partial charge in [-0.25, -0.2) is 18.4 Å². The number of anilines is 2. The maximum atomic E-state index is 12.1. The van der Waals surface area contributed by atoms with Crippen LogP contribution in [0.3, 0.4) is 0 Å². The number of sulfone groups is 1. The number of rotatable bonds is 5. The summed E-state index contributed by atoms with van der Waals surface area (Å²) >= 11 is 0. The van der Waals surface area contributed by atoms with Crippen molar-refractivity contribution in [2.45, 2.75) is 12.5 Å². The van der Waals surface area contributed by atoms with Crippen LogP contribution in [0.1, 0.15) is 16.9 Å². The number of carbonyl (C=O) groups is 1. The number of carbonyl (C=O) groups excluding carboxylic acids is 1. The molecular formula is C16H18N4O4S. The highest BCUT2D eigenvalue weighted by atomic mass is 32.2. The molecule has 1 fully saturated rings. The topological polar surface area (TPSA) is 110 Å². The molecule has 1 aliphatic rings. The maximum absolute atomic E-state index is 12.1. The van der Waals surface area contributed by atoms with Gasteiger partial charge in [0.15, 0.2) is 9.84 Å². The fourth-order valence-electron chi connectivity index (χ4n) is 2.50. The number of nitrogens with zero attached hydrogens (tertiary/aromatic N) is 2. The summed E-state index contributed by atoms with van der Waals surface area (Å²) in [6.45, 7) is 0. The van der Waals surface area contributed by atoms with E-state index in [0.29, 0.717) is 12.2 Å². The minimum Gasteiger partial charge on any atom is -0.497 e. The molecule has 25 heavy (non-hydrogen) atoms. The van der Waals surface area contributed by atoms with Crippen molar-refractivity contribution in [2.75, 3.05) is 23.9 Å². The lowest BCUT2D eigenvalue weighted by atomic mass is 10.2. The number of hydrogen-bond donors (Lipinski definition) is 2. The SMILES string of the molecule is COc1ccc(Nc2cnc(C(=O)NC3CCS(=O)(=O)C3)cn2)cc1. The third kappa shape index (κ3) is 4.44. The number of methoxy groups -OCH3 is 1. The van der Waals surface area contributed by atoms with Crippen LogP contribution in [0.5, 0.6) is 5.75 Å². The Balaban J connectivity index is 1.60. The largest absolute Gasteiger partial charge is 0.497 e. The molecule has 1 aliphatic heterocycles. The molecule has 132 valence electrons. The van der Waals surface area contributed by atoms with Gasteiger partial charge in [0.2, 0.25) is 0 Å². The molecule has 1 unspecified atom stereocenters. The fourth-order valence-corrected chi connectivity index (χ4v) is 4.17. The van der Waals surface area contributed by atoms with Crippen LogP contribution in [0.25, 0.3) is 0 Å². The van der Waals surface area contributed by atoms with Gasteiger partial charge in [-0.15, -0.1) is 0 Å². The third-order valence-corrected chi connectivity index (χ3v) is 5.58. The molecule has 9 heteroatoms. The molecule has 3 rings (SSSR count). The molecule has 0 saturated carbocycles. The smallest absolute Gasteiger partial charge is 0.271 e. The summed E-state index contributed by atoms with van der Waals surface area (Å²) in [4.78, 5) is 20.3. The van der Waals surface area contributed by atoms with Gasteiger partial charge in [0.05, 0.1) is 31.0 Å². The van der Waals surface area contributed by atoms with Gasteiger partial charge < -0.3 is 15.4 Å². The molecule has 1 amide bonds. The van der Waals surface area contributed by atoms with E-state index in [2.05, 4.69) is 20.6 Å². The van der Waals surface area contributed by atoms with Crippen LogP contribution in [0.4, 0.5) is 11.5 Å². The van der Waals surface area contributed by atoms with Crippen LogP contribution in [0, 0.1) is 0 Å². The number of ether oxygens (including phenoxy) is 1. The van der Waals surface area contributed by atoms with Crippen LogP contribution < -0.4 is 15.4 Å². The second-order valence-corrected chi connectivity index (χ2v) is 7.94. The Bertz CT molecular complexity index is 851. The van der Waals surface area contributed by atoms with Gasteiger partial charge in [0.25, 0.3) is 5.91 Å². The first-order valence-electron chi connectivity index (χ1n) is 7.69. The number of aromatic nitrogens is 2. The predicted molar refractivity (Wildman–Crippen MR) is 92.8 cm³/mol. The molecule has 0 aliphatic carbocycles. The normalized spacial score (nSPS) is 18.5. The molecule has 8 nitrogen and oxygen atoms in total. The van der Waals surface area contributed by atoms with Gasteiger partial charge >= 0.3 is 0 Å². The minimum atomic E-state index is -3.04. The molecule has 1 aromatic heterocycles. The highest BCUT2D eigenvalue weighted by Crippen LogP contribution is 2.18. The second kappa shape index (κ2) is 7.06. The van der Waals surface area contributed by atoms with E-state index < -0.39 is 15.7 Å². The van der Waals surface area contributed by atoms with Crippen LogP contribution >= 0.6 is 0 Å². The minimum absolute atomic E-state index is 0.0245. The monoisotopic (exact) mass is 362 g/mol. The van der Waals surface area contributed by atoms with Crippen molar-refractivity contribution in [3.05, 3.63) is 42.4 Å². The zero-order valence-electron chi connectivity index (χ0n) is 13.6. The van der Waals surface area contributed by atoms with E-state index in [1.165, 1.54) is 12.4 Å². The van der Waals surface area contributed by atoms with Crippen molar-refractivity contribution in [3.63, 3.8) is 0 Å². The van der Waals surface area contributed by atoms with E-state index in [1.807, 2.05) is 24.3 Å². The van der Waals surface area contributed by atoms with Gasteiger partial charge in [-0.2, -0.15) is 0 Å². The Morgan fingerprint density at radius 2 is 1.96 bits per heavy atom. The molecular weight excluding hydrogens is 344 g/mol. The number of nitrogens with one attached hydrogen (secondary N) is 2. The fraction of sp³-hybridized carbons (Fsp3) is 0.312. The number of amides is 1. The maximum Gasteiger partial charge on any atom is 0.271 e. The summed E-state index contributed by atoms with van der Waals surface area (Å²) in [6.07, 6.45) is 3.23. The van der Waals surface area contributed by atoms with E-state index in [0.717, 1.165) is 11.4 Å². The van der Waals surface area contributed by atoms with E-state index in [-0.39, 0.29) is 23.2 Å². The predicted octanol–water partition coefficient (Wildman–Crippen LogP) is 1.15. The summed E-state index contributed by atoms with van der Waals surface area (Å²) < 4.78 is 27.9. The van der Waals surface area contributed by atoms with Crippen molar-refractivity contribution in [1.29, 1.82) is 0 Å². The average molecular weight is 362 g/mol. The number of benzene rings is 1. The van der Waals surface area contributed by atoms with E-state index in [4.69, 9.17) is 4.74 Å². The summed E-state index contributed by atoms with van der Waals surface area (Å²) in [5, 5.41) is 5.74. The first kappa shape index (κ1) is 17.2. The van der Waals surface area contributed by atoms with Crippen molar-refractivity contribution in [2.24, 2.45) is 0 Å². The van der Waals surface area contributed by atoms with Gasteiger partial charge in [0.1, 0.15) is 17.3 Å². The summed E-state index contributed by atoms with van der Waals surface area (Å²) in [5.41, 5.74) is 0.952. The Morgan fingerprint density at radius 1 is 1.20 bits per heavy atom. The van der Waals surface area contributed by atoms with E-state index >= 15 is 0 Å². The third-order valence-electron chi connectivity index (χ3n) is 3.81. The molecule has 2 aromatic rings. The molecule has 0 radical (unpaired) electrons.